The molecule has 0 spiro atoms. The summed E-state index contributed by atoms with van der Waals surface area (Å²) >= 11 is 5.99. The maximum absolute atomic E-state index is 12.5. The minimum atomic E-state index is -0.389. The molecule has 7 heteroatoms. The van der Waals surface area contributed by atoms with Crippen molar-refractivity contribution in [3.05, 3.63) is 71.1 Å². The number of carbonyl (C=O) groups is 1. The maximum Gasteiger partial charge on any atom is 0.274 e. The van der Waals surface area contributed by atoms with E-state index in [0.29, 0.717) is 22.3 Å². The van der Waals surface area contributed by atoms with Gasteiger partial charge >= 0.3 is 0 Å². The molecule has 26 heavy (non-hydrogen) atoms. The SMILES string of the molecule is COc1ccc(Cl)cc1NC(=O)c1cc(Nc2cccc(C)c2)ncn1. The summed E-state index contributed by atoms with van der Waals surface area (Å²) in [6.45, 7) is 2.00. The van der Waals surface area contributed by atoms with Gasteiger partial charge < -0.3 is 15.4 Å². The minimum absolute atomic E-state index is 0.220. The Morgan fingerprint density at radius 2 is 1.96 bits per heavy atom. The van der Waals surface area contributed by atoms with E-state index >= 15 is 0 Å². The number of anilines is 3. The van der Waals surface area contributed by atoms with Gasteiger partial charge in [0.15, 0.2) is 0 Å². The van der Waals surface area contributed by atoms with Crippen molar-refractivity contribution in [2.75, 3.05) is 17.7 Å². The van der Waals surface area contributed by atoms with Gasteiger partial charge in [0, 0.05) is 16.8 Å². The molecule has 0 aliphatic carbocycles. The largest absolute Gasteiger partial charge is 0.495 e. The zero-order valence-electron chi connectivity index (χ0n) is 14.3. The average molecular weight is 369 g/mol. The molecule has 132 valence electrons. The number of aryl methyl sites for hydroxylation is 1. The number of amides is 1. The quantitative estimate of drug-likeness (QED) is 0.696. The number of benzene rings is 2. The summed E-state index contributed by atoms with van der Waals surface area (Å²) in [6.07, 6.45) is 1.34. The van der Waals surface area contributed by atoms with E-state index in [1.807, 2.05) is 31.2 Å². The van der Waals surface area contributed by atoms with Crippen LogP contribution >= 0.6 is 11.6 Å². The number of hydrogen-bond acceptors (Lipinski definition) is 5. The van der Waals surface area contributed by atoms with E-state index in [1.165, 1.54) is 13.4 Å². The summed E-state index contributed by atoms with van der Waals surface area (Å²) in [5.74, 6) is 0.643. The molecule has 1 amide bonds. The second-order valence-corrected chi connectivity index (χ2v) is 6.02. The first kappa shape index (κ1) is 17.7. The van der Waals surface area contributed by atoms with Gasteiger partial charge in [0.25, 0.3) is 5.91 Å². The van der Waals surface area contributed by atoms with E-state index < -0.39 is 0 Å². The summed E-state index contributed by atoms with van der Waals surface area (Å²) in [4.78, 5) is 20.7. The molecule has 3 aromatic rings. The first-order chi connectivity index (χ1) is 12.5. The van der Waals surface area contributed by atoms with E-state index in [0.717, 1.165) is 11.3 Å². The van der Waals surface area contributed by atoms with Crippen LogP contribution in [-0.4, -0.2) is 23.0 Å². The Labute approximate surface area is 156 Å². The maximum atomic E-state index is 12.5. The fourth-order valence-electron chi connectivity index (χ4n) is 2.38. The monoisotopic (exact) mass is 368 g/mol. The molecule has 0 saturated carbocycles. The average Bonchev–Trinajstić information content (AvgIpc) is 2.62. The van der Waals surface area contributed by atoms with Crippen LogP contribution in [-0.2, 0) is 0 Å². The van der Waals surface area contributed by atoms with E-state index in [4.69, 9.17) is 16.3 Å². The molecule has 1 heterocycles. The topological polar surface area (TPSA) is 76.1 Å². The number of carbonyl (C=O) groups excluding carboxylic acids is 1. The van der Waals surface area contributed by atoms with E-state index in [-0.39, 0.29) is 11.6 Å². The fourth-order valence-corrected chi connectivity index (χ4v) is 2.56. The van der Waals surface area contributed by atoms with Crippen LogP contribution in [0.4, 0.5) is 17.2 Å². The molecule has 2 N–H and O–H groups in total. The van der Waals surface area contributed by atoms with Crippen LogP contribution in [0.3, 0.4) is 0 Å². The zero-order chi connectivity index (χ0) is 18.5. The van der Waals surface area contributed by atoms with Gasteiger partial charge in [0.1, 0.15) is 23.6 Å². The van der Waals surface area contributed by atoms with E-state index in [1.54, 1.807) is 24.3 Å². The van der Waals surface area contributed by atoms with Crippen molar-refractivity contribution >= 4 is 34.7 Å². The van der Waals surface area contributed by atoms with Gasteiger partial charge in [-0.25, -0.2) is 9.97 Å². The van der Waals surface area contributed by atoms with Crippen LogP contribution in [0, 0.1) is 6.92 Å². The third-order valence-electron chi connectivity index (χ3n) is 3.60. The van der Waals surface area contributed by atoms with Gasteiger partial charge in [0.05, 0.1) is 12.8 Å². The van der Waals surface area contributed by atoms with Crippen LogP contribution in [0.25, 0.3) is 0 Å². The van der Waals surface area contributed by atoms with Gasteiger partial charge in [-0.1, -0.05) is 23.7 Å². The molecule has 0 aliphatic rings. The van der Waals surface area contributed by atoms with Gasteiger partial charge in [-0.05, 0) is 42.8 Å². The lowest BCUT2D eigenvalue weighted by atomic mass is 10.2. The Bertz CT molecular complexity index is 946. The minimum Gasteiger partial charge on any atom is -0.495 e. The number of hydrogen-bond donors (Lipinski definition) is 2. The van der Waals surface area contributed by atoms with Crippen LogP contribution < -0.4 is 15.4 Å². The molecule has 0 fully saturated rings. The normalized spacial score (nSPS) is 10.3. The van der Waals surface area contributed by atoms with Crippen molar-refractivity contribution in [1.82, 2.24) is 9.97 Å². The molecule has 6 nitrogen and oxygen atoms in total. The Kier molecular flexibility index (Phi) is 5.34. The second kappa shape index (κ2) is 7.84. The summed E-state index contributed by atoms with van der Waals surface area (Å²) in [7, 11) is 1.52. The lowest BCUT2D eigenvalue weighted by molar-refractivity contribution is 0.102. The molecule has 1 aromatic heterocycles. The first-order valence-electron chi connectivity index (χ1n) is 7.86. The van der Waals surface area contributed by atoms with Crippen molar-refractivity contribution in [2.24, 2.45) is 0 Å². The van der Waals surface area contributed by atoms with Crippen molar-refractivity contribution in [2.45, 2.75) is 6.92 Å². The Morgan fingerprint density at radius 3 is 2.73 bits per heavy atom. The van der Waals surface area contributed by atoms with Crippen LogP contribution in [0.2, 0.25) is 5.02 Å². The summed E-state index contributed by atoms with van der Waals surface area (Å²) < 4.78 is 5.23. The number of aromatic nitrogens is 2. The zero-order valence-corrected chi connectivity index (χ0v) is 15.0. The highest BCUT2D eigenvalue weighted by Gasteiger charge is 2.13. The lowest BCUT2D eigenvalue weighted by Gasteiger charge is -2.11. The Hall–Kier alpha value is -3.12. The predicted molar refractivity (Wildman–Crippen MR) is 102 cm³/mol. The number of methoxy groups -OCH3 is 1. The molecule has 0 unspecified atom stereocenters. The van der Waals surface area contributed by atoms with Crippen LogP contribution in [0.15, 0.2) is 54.9 Å². The number of halogens is 1. The van der Waals surface area contributed by atoms with Crippen molar-refractivity contribution in [3.8, 4) is 5.75 Å². The highest BCUT2D eigenvalue weighted by Crippen LogP contribution is 2.28. The highest BCUT2D eigenvalue weighted by molar-refractivity contribution is 6.31. The number of nitrogens with one attached hydrogen (secondary N) is 2. The van der Waals surface area contributed by atoms with Gasteiger partial charge in [-0.2, -0.15) is 0 Å². The molecular formula is C19H17ClN4O2. The Morgan fingerprint density at radius 1 is 1.12 bits per heavy atom. The summed E-state index contributed by atoms with van der Waals surface area (Å²) in [6, 6.07) is 14.4. The van der Waals surface area contributed by atoms with Gasteiger partial charge in [0.2, 0.25) is 0 Å². The molecule has 3 rings (SSSR count). The van der Waals surface area contributed by atoms with Crippen LogP contribution in [0.1, 0.15) is 16.1 Å². The van der Waals surface area contributed by atoms with Crippen molar-refractivity contribution < 1.29 is 9.53 Å². The molecule has 0 atom stereocenters. The smallest absolute Gasteiger partial charge is 0.274 e. The summed E-state index contributed by atoms with van der Waals surface area (Å²) in [5.41, 5.74) is 2.69. The van der Waals surface area contributed by atoms with Gasteiger partial charge in [-0.15, -0.1) is 0 Å². The predicted octanol–water partition coefficient (Wildman–Crippen LogP) is 4.44. The number of nitrogens with zero attached hydrogens (tertiary/aromatic N) is 2. The lowest BCUT2D eigenvalue weighted by Crippen LogP contribution is -2.15. The second-order valence-electron chi connectivity index (χ2n) is 5.58. The molecule has 0 saturated heterocycles. The summed E-state index contributed by atoms with van der Waals surface area (Å²) in [5, 5.41) is 6.40. The van der Waals surface area contributed by atoms with Crippen LogP contribution in [0.5, 0.6) is 5.75 Å². The molecule has 2 aromatic carbocycles. The fraction of sp³-hybridized carbons (Fsp3) is 0.105. The van der Waals surface area contributed by atoms with E-state index in [2.05, 4.69) is 20.6 Å². The molecule has 0 radical (unpaired) electrons. The molecular weight excluding hydrogens is 352 g/mol. The number of ether oxygens (including phenoxy) is 1. The first-order valence-corrected chi connectivity index (χ1v) is 8.23. The number of rotatable bonds is 5. The third kappa shape index (κ3) is 4.29. The molecule has 0 aliphatic heterocycles. The third-order valence-corrected chi connectivity index (χ3v) is 3.84. The Balaban J connectivity index is 1.79. The van der Waals surface area contributed by atoms with Crippen molar-refractivity contribution in [3.63, 3.8) is 0 Å². The molecule has 0 bridgehead atoms. The van der Waals surface area contributed by atoms with Gasteiger partial charge in [-0.3, -0.25) is 4.79 Å². The highest BCUT2D eigenvalue weighted by atomic mass is 35.5. The van der Waals surface area contributed by atoms with Crippen molar-refractivity contribution in [1.29, 1.82) is 0 Å². The standard InChI is InChI=1S/C19H17ClN4O2/c1-12-4-3-5-14(8-12)23-18-10-16(21-11-22-18)19(25)24-15-9-13(20)6-7-17(15)26-2/h3-11H,1-2H3,(H,24,25)(H,21,22,23). The van der Waals surface area contributed by atoms with E-state index in [9.17, 15) is 4.79 Å².